The maximum absolute atomic E-state index is 13.2. The number of rotatable bonds is 3. The Bertz CT molecular complexity index is 879. The number of aromatic nitrogens is 2. The number of hydrogen-bond donors (Lipinski definition) is 1. The molecule has 23 heavy (non-hydrogen) atoms. The number of hydrogen-bond acceptors (Lipinski definition) is 2. The molecule has 0 radical (unpaired) electrons. The molecule has 0 atom stereocenters. The molecule has 1 amide bonds. The van der Waals surface area contributed by atoms with Crippen molar-refractivity contribution in [3.8, 4) is 5.69 Å². The van der Waals surface area contributed by atoms with Crippen LogP contribution < -0.4 is 5.32 Å². The lowest BCUT2D eigenvalue weighted by Crippen LogP contribution is -2.13. The Morgan fingerprint density at radius 2 is 1.87 bits per heavy atom. The molecule has 0 aliphatic carbocycles. The highest BCUT2D eigenvalue weighted by Crippen LogP contribution is 2.23. The molecule has 3 aromatic rings. The van der Waals surface area contributed by atoms with Gasteiger partial charge in [0, 0.05) is 10.7 Å². The normalized spacial score (nSPS) is 10.6. The van der Waals surface area contributed by atoms with E-state index in [4.69, 9.17) is 0 Å². The summed E-state index contributed by atoms with van der Waals surface area (Å²) in [5.41, 5.74) is 1.09. The molecule has 0 bridgehead atoms. The van der Waals surface area contributed by atoms with Gasteiger partial charge in [0.1, 0.15) is 11.6 Å². The molecular formula is C16H10BrF2N3O. The maximum atomic E-state index is 13.2. The smallest absolute Gasteiger partial charge is 0.276 e. The van der Waals surface area contributed by atoms with Crippen LogP contribution in [0.1, 0.15) is 10.5 Å². The highest BCUT2D eigenvalue weighted by molar-refractivity contribution is 9.10. The van der Waals surface area contributed by atoms with Crippen LogP contribution in [0.3, 0.4) is 0 Å². The van der Waals surface area contributed by atoms with Crippen molar-refractivity contribution >= 4 is 27.5 Å². The van der Waals surface area contributed by atoms with E-state index >= 15 is 0 Å². The van der Waals surface area contributed by atoms with Gasteiger partial charge >= 0.3 is 0 Å². The molecule has 4 nitrogen and oxygen atoms in total. The van der Waals surface area contributed by atoms with E-state index in [1.807, 2.05) is 0 Å². The molecule has 2 aromatic carbocycles. The SMILES string of the molecule is O=C(Nc1ccc(F)cc1Br)c1ccn(-c2cccc(F)c2)n1. The van der Waals surface area contributed by atoms with Gasteiger partial charge in [-0.15, -0.1) is 0 Å². The monoisotopic (exact) mass is 377 g/mol. The van der Waals surface area contributed by atoms with Crippen LogP contribution in [-0.4, -0.2) is 15.7 Å². The van der Waals surface area contributed by atoms with Crippen molar-refractivity contribution in [2.24, 2.45) is 0 Å². The Hall–Kier alpha value is -2.54. The van der Waals surface area contributed by atoms with Crippen LogP contribution in [0.4, 0.5) is 14.5 Å². The van der Waals surface area contributed by atoms with Gasteiger partial charge in [0.2, 0.25) is 0 Å². The van der Waals surface area contributed by atoms with Crippen molar-refractivity contribution in [2.45, 2.75) is 0 Å². The zero-order valence-electron chi connectivity index (χ0n) is 11.6. The summed E-state index contributed by atoms with van der Waals surface area (Å²) in [5, 5.41) is 6.74. The third kappa shape index (κ3) is 3.45. The minimum Gasteiger partial charge on any atom is -0.320 e. The van der Waals surface area contributed by atoms with Crippen molar-refractivity contribution in [3.63, 3.8) is 0 Å². The van der Waals surface area contributed by atoms with Gasteiger partial charge < -0.3 is 5.32 Å². The van der Waals surface area contributed by atoms with E-state index in [1.165, 1.54) is 41.1 Å². The predicted molar refractivity (Wildman–Crippen MR) is 85.6 cm³/mol. The lowest BCUT2D eigenvalue weighted by atomic mass is 10.3. The summed E-state index contributed by atoms with van der Waals surface area (Å²) in [7, 11) is 0. The number of anilines is 1. The second-order valence-corrected chi connectivity index (χ2v) is 5.56. The van der Waals surface area contributed by atoms with Crippen molar-refractivity contribution in [1.29, 1.82) is 0 Å². The number of nitrogens with one attached hydrogen (secondary N) is 1. The van der Waals surface area contributed by atoms with Crippen LogP contribution in [-0.2, 0) is 0 Å². The molecular weight excluding hydrogens is 368 g/mol. The minimum atomic E-state index is -0.451. The van der Waals surface area contributed by atoms with Gasteiger partial charge in [-0.2, -0.15) is 5.10 Å². The van der Waals surface area contributed by atoms with Crippen LogP contribution in [0.15, 0.2) is 59.2 Å². The average molecular weight is 378 g/mol. The van der Waals surface area contributed by atoms with Crippen molar-refractivity contribution in [2.75, 3.05) is 5.32 Å². The minimum absolute atomic E-state index is 0.158. The molecule has 0 aliphatic heterocycles. The zero-order chi connectivity index (χ0) is 16.4. The highest BCUT2D eigenvalue weighted by atomic mass is 79.9. The number of nitrogens with zero attached hydrogens (tertiary/aromatic N) is 2. The summed E-state index contributed by atoms with van der Waals surface area (Å²) in [6, 6.07) is 11.3. The first kappa shape index (κ1) is 15.4. The Balaban J connectivity index is 1.81. The quantitative estimate of drug-likeness (QED) is 0.744. The average Bonchev–Trinajstić information content (AvgIpc) is 3.00. The van der Waals surface area contributed by atoms with Gasteiger partial charge in [-0.3, -0.25) is 4.79 Å². The van der Waals surface area contributed by atoms with E-state index in [9.17, 15) is 13.6 Å². The second-order valence-electron chi connectivity index (χ2n) is 4.70. The van der Waals surface area contributed by atoms with E-state index in [1.54, 1.807) is 18.3 Å². The topological polar surface area (TPSA) is 46.9 Å². The Morgan fingerprint density at radius 1 is 1.09 bits per heavy atom. The fraction of sp³-hybridized carbons (Fsp3) is 0. The number of halogens is 3. The largest absolute Gasteiger partial charge is 0.320 e. The molecule has 1 heterocycles. The van der Waals surface area contributed by atoms with E-state index in [0.29, 0.717) is 15.8 Å². The van der Waals surface area contributed by atoms with E-state index in [-0.39, 0.29) is 11.5 Å². The summed E-state index contributed by atoms with van der Waals surface area (Å²) < 4.78 is 28.1. The van der Waals surface area contributed by atoms with Crippen molar-refractivity contribution in [3.05, 3.63) is 76.5 Å². The first-order valence-corrected chi connectivity index (χ1v) is 7.40. The molecule has 0 spiro atoms. The summed E-state index contributed by atoms with van der Waals surface area (Å²) in [4.78, 5) is 12.2. The van der Waals surface area contributed by atoms with Crippen LogP contribution in [0.2, 0.25) is 0 Å². The molecule has 0 fully saturated rings. The van der Waals surface area contributed by atoms with Crippen LogP contribution in [0, 0.1) is 11.6 Å². The van der Waals surface area contributed by atoms with Crippen molar-refractivity contribution in [1.82, 2.24) is 9.78 Å². The first-order chi connectivity index (χ1) is 11.0. The van der Waals surface area contributed by atoms with Gasteiger partial charge in [-0.1, -0.05) is 6.07 Å². The van der Waals surface area contributed by atoms with Crippen molar-refractivity contribution < 1.29 is 13.6 Å². The molecule has 0 saturated heterocycles. The maximum Gasteiger partial charge on any atom is 0.276 e. The van der Waals surface area contributed by atoms with Crippen LogP contribution in [0.5, 0.6) is 0 Å². The Kier molecular flexibility index (Phi) is 4.20. The van der Waals surface area contributed by atoms with E-state index in [2.05, 4.69) is 26.3 Å². The van der Waals surface area contributed by atoms with E-state index < -0.39 is 11.7 Å². The first-order valence-electron chi connectivity index (χ1n) is 6.61. The third-order valence-corrected chi connectivity index (χ3v) is 3.73. The fourth-order valence-corrected chi connectivity index (χ4v) is 2.43. The molecule has 116 valence electrons. The molecule has 0 aliphatic rings. The van der Waals surface area contributed by atoms with Gasteiger partial charge in [0.15, 0.2) is 5.69 Å². The summed E-state index contributed by atoms with van der Waals surface area (Å²) >= 11 is 3.18. The van der Waals surface area contributed by atoms with E-state index in [0.717, 1.165) is 0 Å². The number of carbonyl (C=O) groups is 1. The summed E-state index contributed by atoms with van der Waals surface area (Å²) in [6.45, 7) is 0. The number of carbonyl (C=O) groups excluding carboxylic acids is 1. The van der Waals surface area contributed by atoms with Gasteiger partial charge in [-0.05, 0) is 58.4 Å². The lowest BCUT2D eigenvalue weighted by Gasteiger charge is -2.06. The van der Waals surface area contributed by atoms with Gasteiger partial charge in [-0.25, -0.2) is 13.5 Å². The molecule has 1 aromatic heterocycles. The number of benzene rings is 2. The van der Waals surface area contributed by atoms with Crippen LogP contribution in [0.25, 0.3) is 5.69 Å². The Morgan fingerprint density at radius 3 is 2.61 bits per heavy atom. The fourth-order valence-electron chi connectivity index (χ4n) is 1.98. The number of amides is 1. The predicted octanol–water partition coefficient (Wildman–Crippen LogP) is 4.17. The summed E-state index contributed by atoms with van der Waals surface area (Å²) in [6.07, 6.45) is 1.56. The van der Waals surface area contributed by atoms with Gasteiger partial charge in [0.05, 0.1) is 11.4 Å². The molecule has 3 rings (SSSR count). The lowest BCUT2D eigenvalue weighted by molar-refractivity contribution is 0.102. The van der Waals surface area contributed by atoms with Gasteiger partial charge in [0.25, 0.3) is 5.91 Å². The highest BCUT2D eigenvalue weighted by Gasteiger charge is 2.12. The third-order valence-electron chi connectivity index (χ3n) is 3.07. The Labute approximate surface area is 138 Å². The second kappa shape index (κ2) is 6.29. The molecule has 7 heteroatoms. The van der Waals surface area contributed by atoms with Crippen LogP contribution >= 0.6 is 15.9 Å². The zero-order valence-corrected chi connectivity index (χ0v) is 13.2. The molecule has 0 saturated carbocycles. The molecule has 0 unspecified atom stereocenters. The summed E-state index contributed by atoms with van der Waals surface area (Å²) in [5.74, 6) is -1.25. The molecule has 1 N–H and O–H groups in total. The standard InChI is InChI=1S/C16H10BrF2N3O/c17-13-9-11(19)4-5-14(13)20-16(23)15-6-7-22(21-15)12-3-1-2-10(18)8-12/h1-9H,(H,20,23).